The van der Waals surface area contributed by atoms with Crippen molar-refractivity contribution >= 4 is 24.0 Å². The summed E-state index contributed by atoms with van der Waals surface area (Å²) in [5.41, 5.74) is 6.97. The lowest BCUT2D eigenvalue weighted by Crippen LogP contribution is -2.43. The van der Waals surface area contributed by atoms with Crippen molar-refractivity contribution in [1.29, 1.82) is 0 Å². The summed E-state index contributed by atoms with van der Waals surface area (Å²) in [7, 11) is 0. The second-order valence-corrected chi connectivity index (χ2v) is 5.22. The summed E-state index contributed by atoms with van der Waals surface area (Å²) >= 11 is 0. The summed E-state index contributed by atoms with van der Waals surface area (Å²) in [4.78, 5) is 18.3. The molecule has 0 radical (unpaired) electrons. The number of nitrogens with zero attached hydrogens (tertiary/aromatic N) is 2. The number of carbonyl (C=O) groups is 1. The van der Waals surface area contributed by atoms with Crippen LogP contribution in [0.15, 0.2) is 18.3 Å². The third-order valence-electron chi connectivity index (χ3n) is 3.38. The SMILES string of the molecule is CC1(C)CCCN1C(=O)Cc1ccc(N)cn1.Cl. The highest BCUT2D eigenvalue weighted by atomic mass is 35.5. The first kappa shape index (κ1) is 14.8. The van der Waals surface area contributed by atoms with E-state index in [4.69, 9.17) is 5.73 Å². The summed E-state index contributed by atoms with van der Waals surface area (Å²) in [6.45, 7) is 5.10. The molecule has 1 aromatic rings. The predicted octanol–water partition coefficient (Wildman–Crippen LogP) is 2.03. The zero-order valence-electron chi connectivity index (χ0n) is 10.8. The van der Waals surface area contributed by atoms with E-state index in [0.29, 0.717) is 12.1 Å². The number of halogens is 1. The van der Waals surface area contributed by atoms with Crippen LogP contribution in [0.3, 0.4) is 0 Å². The molecular formula is C13H20ClN3O. The van der Waals surface area contributed by atoms with Crippen molar-refractivity contribution in [3.63, 3.8) is 0 Å². The van der Waals surface area contributed by atoms with E-state index in [1.807, 2.05) is 11.0 Å². The van der Waals surface area contributed by atoms with Crippen LogP contribution < -0.4 is 5.73 Å². The molecular weight excluding hydrogens is 250 g/mol. The first-order valence-corrected chi connectivity index (χ1v) is 6.00. The van der Waals surface area contributed by atoms with E-state index in [0.717, 1.165) is 25.1 Å². The third-order valence-corrected chi connectivity index (χ3v) is 3.38. The van der Waals surface area contributed by atoms with E-state index in [9.17, 15) is 4.79 Å². The van der Waals surface area contributed by atoms with Gasteiger partial charge in [0.1, 0.15) is 0 Å². The van der Waals surface area contributed by atoms with Crippen molar-refractivity contribution in [3.05, 3.63) is 24.0 Å². The largest absolute Gasteiger partial charge is 0.397 e. The molecule has 0 atom stereocenters. The minimum absolute atomic E-state index is 0. The zero-order valence-corrected chi connectivity index (χ0v) is 11.7. The van der Waals surface area contributed by atoms with Gasteiger partial charge in [0.15, 0.2) is 0 Å². The molecule has 0 aliphatic carbocycles. The number of pyridine rings is 1. The van der Waals surface area contributed by atoms with E-state index < -0.39 is 0 Å². The summed E-state index contributed by atoms with van der Waals surface area (Å²) in [6, 6.07) is 3.60. The Morgan fingerprint density at radius 3 is 2.72 bits per heavy atom. The van der Waals surface area contributed by atoms with Crippen LogP contribution in [0.25, 0.3) is 0 Å². The summed E-state index contributed by atoms with van der Waals surface area (Å²) < 4.78 is 0. The molecule has 0 aromatic carbocycles. The lowest BCUT2D eigenvalue weighted by atomic mass is 10.0. The molecule has 4 nitrogen and oxygen atoms in total. The number of anilines is 1. The Hall–Kier alpha value is -1.29. The van der Waals surface area contributed by atoms with E-state index in [2.05, 4.69) is 18.8 Å². The normalized spacial score (nSPS) is 17.3. The minimum atomic E-state index is -0.00904. The molecule has 0 bridgehead atoms. The van der Waals surface area contributed by atoms with Gasteiger partial charge in [-0.1, -0.05) is 0 Å². The topological polar surface area (TPSA) is 59.2 Å². The molecule has 0 spiro atoms. The van der Waals surface area contributed by atoms with Crippen molar-refractivity contribution < 1.29 is 4.79 Å². The van der Waals surface area contributed by atoms with E-state index in [-0.39, 0.29) is 23.9 Å². The second-order valence-electron chi connectivity index (χ2n) is 5.22. The van der Waals surface area contributed by atoms with Gasteiger partial charge in [0.2, 0.25) is 5.91 Å². The number of nitrogens with two attached hydrogens (primary N) is 1. The number of hydrogen-bond donors (Lipinski definition) is 1. The quantitative estimate of drug-likeness (QED) is 0.894. The molecule has 1 fully saturated rings. The average Bonchev–Trinajstić information content (AvgIpc) is 2.61. The first-order chi connectivity index (χ1) is 7.99. The van der Waals surface area contributed by atoms with Gasteiger partial charge in [-0.3, -0.25) is 9.78 Å². The number of rotatable bonds is 2. The van der Waals surface area contributed by atoms with Crippen LogP contribution in [-0.2, 0) is 11.2 Å². The van der Waals surface area contributed by atoms with Crippen LogP contribution in [0.4, 0.5) is 5.69 Å². The number of likely N-dealkylation sites (tertiary alicyclic amines) is 1. The fourth-order valence-electron chi connectivity index (χ4n) is 2.36. The molecule has 5 heteroatoms. The van der Waals surface area contributed by atoms with Gasteiger partial charge in [0.25, 0.3) is 0 Å². The van der Waals surface area contributed by atoms with Crippen LogP contribution in [-0.4, -0.2) is 27.9 Å². The Balaban J connectivity index is 0.00000162. The molecule has 2 heterocycles. The first-order valence-electron chi connectivity index (χ1n) is 6.00. The molecule has 1 aliphatic rings. The maximum Gasteiger partial charge on any atom is 0.229 e. The number of aromatic nitrogens is 1. The summed E-state index contributed by atoms with van der Waals surface area (Å²) in [5, 5.41) is 0. The smallest absolute Gasteiger partial charge is 0.229 e. The van der Waals surface area contributed by atoms with Gasteiger partial charge in [-0.2, -0.15) is 0 Å². The Morgan fingerprint density at radius 2 is 2.22 bits per heavy atom. The van der Waals surface area contributed by atoms with E-state index in [1.165, 1.54) is 0 Å². The van der Waals surface area contributed by atoms with Gasteiger partial charge in [0.05, 0.1) is 18.3 Å². The third kappa shape index (κ3) is 3.13. The fraction of sp³-hybridized carbons (Fsp3) is 0.538. The number of nitrogen functional groups attached to an aromatic ring is 1. The standard InChI is InChI=1S/C13H19N3O.ClH/c1-13(2)6-3-7-16(13)12(17)8-11-5-4-10(14)9-15-11;/h4-5,9H,3,6-8,14H2,1-2H3;1H. The van der Waals surface area contributed by atoms with Crippen LogP contribution in [0.1, 0.15) is 32.4 Å². The Labute approximate surface area is 114 Å². The lowest BCUT2D eigenvalue weighted by molar-refractivity contribution is -0.133. The monoisotopic (exact) mass is 269 g/mol. The molecule has 2 N–H and O–H groups in total. The minimum Gasteiger partial charge on any atom is -0.397 e. The van der Waals surface area contributed by atoms with Crippen molar-refractivity contribution in [1.82, 2.24) is 9.88 Å². The Bertz CT molecular complexity index is 417. The van der Waals surface area contributed by atoms with Gasteiger partial charge in [-0.25, -0.2) is 0 Å². The van der Waals surface area contributed by atoms with Crippen LogP contribution in [0, 0.1) is 0 Å². The van der Waals surface area contributed by atoms with Crippen LogP contribution in [0.5, 0.6) is 0 Å². The molecule has 1 aromatic heterocycles. The maximum atomic E-state index is 12.2. The summed E-state index contributed by atoms with van der Waals surface area (Å²) in [5.74, 6) is 0.157. The van der Waals surface area contributed by atoms with Gasteiger partial charge < -0.3 is 10.6 Å². The van der Waals surface area contributed by atoms with Crippen LogP contribution >= 0.6 is 12.4 Å². The van der Waals surface area contributed by atoms with Gasteiger partial charge in [-0.05, 0) is 38.8 Å². The van der Waals surface area contributed by atoms with Crippen molar-refractivity contribution in [2.45, 2.75) is 38.6 Å². The van der Waals surface area contributed by atoms with E-state index in [1.54, 1.807) is 12.3 Å². The van der Waals surface area contributed by atoms with Crippen molar-refractivity contribution in [2.75, 3.05) is 12.3 Å². The van der Waals surface area contributed by atoms with Crippen molar-refractivity contribution in [2.24, 2.45) is 0 Å². The predicted molar refractivity (Wildman–Crippen MR) is 74.6 cm³/mol. The fourth-order valence-corrected chi connectivity index (χ4v) is 2.36. The summed E-state index contributed by atoms with van der Waals surface area (Å²) in [6.07, 6.45) is 4.13. The average molecular weight is 270 g/mol. The molecule has 1 amide bonds. The molecule has 18 heavy (non-hydrogen) atoms. The van der Waals surface area contributed by atoms with Gasteiger partial charge in [-0.15, -0.1) is 12.4 Å². The van der Waals surface area contributed by atoms with Gasteiger partial charge >= 0.3 is 0 Å². The van der Waals surface area contributed by atoms with Crippen molar-refractivity contribution in [3.8, 4) is 0 Å². The van der Waals surface area contributed by atoms with E-state index >= 15 is 0 Å². The molecule has 0 unspecified atom stereocenters. The Morgan fingerprint density at radius 1 is 1.50 bits per heavy atom. The Kier molecular flexibility index (Phi) is 4.57. The second kappa shape index (κ2) is 5.57. The zero-order chi connectivity index (χ0) is 12.5. The molecule has 100 valence electrons. The maximum absolute atomic E-state index is 12.2. The highest BCUT2D eigenvalue weighted by Gasteiger charge is 2.35. The highest BCUT2D eigenvalue weighted by Crippen LogP contribution is 2.28. The molecule has 1 saturated heterocycles. The number of amides is 1. The lowest BCUT2D eigenvalue weighted by Gasteiger charge is -2.31. The van der Waals surface area contributed by atoms with Crippen LogP contribution in [0.2, 0.25) is 0 Å². The van der Waals surface area contributed by atoms with Gasteiger partial charge in [0, 0.05) is 17.8 Å². The molecule has 2 rings (SSSR count). The molecule has 0 saturated carbocycles. The number of hydrogen-bond acceptors (Lipinski definition) is 3. The number of carbonyl (C=O) groups excluding carboxylic acids is 1. The highest BCUT2D eigenvalue weighted by molar-refractivity contribution is 5.85. The molecule has 1 aliphatic heterocycles.